The van der Waals surface area contributed by atoms with Crippen molar-refractivity contribution in [3.63, 3.8) is 0 Å². The number of carbonyl (C=O) groups excluding carboxylic acids is 2. The Bertz CT molecular complexity index is 27.0. The van der Waals surface area contributed by atoms with Crippen LogP contribution < -0.4 is 0 Å². The maximum absolute atomic E-state index is 8.12. The van der Waals surface area contributed by atoms with Crippen molar-refractivity contribution < 1.29 is 9.59 Å². The topological polar surface area (TPSA) is 34.1 Å². The van der Waals surface area contributed by atoms with Gasteiger partial charge in [0.15, 0.2) is 0 Å². The van der Waals surface area contributed by atoms with E-state index in [4.69, 9.17) is 9.59 Å². The molecule has 22 valence electrons. The van der Waals surface area contributed by atoms with E-state index >= 15 is 0 Å². The van der Waals surface area contributed by atoms with Gasteiger partial charge in [-0.15, -0.1) is 0 Å². The molecule has 0 aromatic heterocycles. The average Bonchev–Trinajstić information content (AvgIpc) is 0.918. The van der Waals surface area contributed by atoms with Gasteiger partial charge in [0.05, 0.1) is 0 Å². The molecule has 0 fully saturated rings. The maximum atomic E-state index is 8.12. The molecule has 0 aromatic rings. The van der Waals surface area contributed by atoms with Crippen LogP contribution in [0.25, 0.3) is 0 Å². The molecule has 0 amide bonds. The van der Waals surface area contributed by atoms with Crippen LogP contribution in [0, 0.1) is 0 Å². The first-order valence-electron chi connectivity index (χ1n) is 0.408. The van der Waals surface area contributed by atoms with Crippen molar-refractivity contribution in [2.75, 3.05) is 0 Å². The van der Waals surface area contributed by atoms with E-state index in [0.29, 0.717) is 0 Å². The van der Waals surface area contributed by atoms with Crippen LogP contribution in [0.15, 0.2) is 0 Å². The summed E-state index contributed by atoms with van der Waals surface area (Å²) in [5.41, 5.74) is 0. The van der Waals surface area contributed by atoms with Gasteiger partial charge in [0, 0.05) is 17.1 Å². The molecule has 0 aromatic carbocycles. The van der Waals surface area contributed by atoms with Gasteiger partial charge in [-0.3, -0.25) is 0 Å². The monoisotopic (exact) mass is 124 g/mol. The van der Waals surface area contributed by atoms with E-state index in [9.17, 15) is 0 Å². The van der Waals surface area contributed by atoms with Gasteiger partial charge >= 0.3 is 6.15 Å². The van der Waals surface area contributed by atoms with E-state index < -0.39 is 0 Å². The Balaban J connectivity index is 0. The van der Waals surface area contributed by atoms with Gasteiger partial charge in [0.1, 0.15) is 0 Å². The van der Waals surface area contributed by atoms with E-state index in [2.05, 4.69) is 0 Å². The van der Waals surface area contributed by atoms with Gasteiger partial charge in [0.25, 0.3) is 0 Å². The van der Waals surface area contributed by atoms with Gasteiger partial charge in [-0.1, -0.05) is 0 Å². The second-order valence-corrected chi connectivity index (χ2v) is 0.0833. The summed E-state index contributed by atoms with van der Waals surface area (Å²) in [5, 5.41) is 0. The second kappa shape index (κ2) is 12.9. The van der Waals surface area contributed by atoms with Crippen LogP contribution >= 0.6 is 0 Å². The summed E-state index contributed by atoms with van der Waals surface area (Å²) >= 11 is 0. The molecule has 0 rings (SSSR count). The fraction of sp³-hybridized carbons (Fsp3) is 0. The largest absolute Gasteiger partial charge is 0.373 e. The fourth-order valence-electron chi connectivity index (χ4n) is 0. The Hall–Kier alpha value is -0.101. The molecular formula is CO2Se. The summed E-state index contributed by atoms with van der Waals surface area (Å²) in [5.74, 6) is 0. The SMILES string of the molecule is O=C=O.[Se]. The van der Waals surface area contributed by atoms with E-state index in [-0.39, 0.29) is 23.2 Å². The summed E-state index contributed by atoms with van der Waals surface area (Å²) in [6, 6.07) is 0. The predicted octanol–water partition coefficient (Wildman–Crippen LogP) is -0.964. The number of hydrogen-bond donors (Lipinski definition) is 0. The Labute approximate surface area is 33.7 Å². The van der Waals surface area contributed by atoms with Gasteiger partial charge in [0.2, 0.25) is 0 Å². The van der Waals surface area contributed by atoms with Crippen LogP contribution in [0.2, 0.25) is 0 Å². The Morgan fingerprint density at radius 2 is 1.25 bits per heavy atom. The summed E-state index contributed by atoms with van der Waals surface area (Å²) in [4.78, 5) is 16.2. The standard InChI is InChI=1S/CO2.Se/c2-1-3;. The summed E-state index contributed by atoms with van der Waals surface area (Å²) in [6.07, 6.45) is 0.250. The van der Waals surface area contributed by atoms with Crippen LogP contribution in [0.1, 0.15) is 0 Å². The molecule has 0 spiro atoms. The van der Waals surface area contributed by atoms with Crippen molar-refractivity contribution in [1.29, 1.82) is 0 Å². The minimum absolute atomic E-state index is 0. The molecule has 0 aliphatic rings. The van der Waals surface area contributed by atoms with E-state index in [1.807, 2.05) is 0 Å². The van der Waals surface area contributed by atoms with Crippen molar-refractivity contribution >= 4 is 23.2 Å². The van der Waals surface area contributed by atoms with Crippen LogP contribution in [0.3, 0.4) is 0 Å². The van der Waals surface area contributed by atoms with Gasteiger partial charge in [-0.25, -0.2) is 0 Å². The molecular weight excluding hydrogens is 123 g/mol. The molecule has 2 nitrogen and oxygen atoms in total. The molecule has 4 heavy (non-hydrogen) atoms. The molecule has 3 heteroatoms. The minimum Gasteiger partial charge on any atom is -0.186 e. The van der Waals surface area contributed by atoms with Gasteiger partial charge < -0.3 is 0 Å². The third-order valence-corrected chi connectivity index (χ3v) is 0. The smallest absolute Gasteiger partial charge is 0.186 e. The van der Waals surface area contributed by atoms with E-state index in [1.54, 1.807) is 0 Å². The first-order valence-corrected chi connectivity index (χ1v) is 0.408. The molecule has 0 atom stereocenters. The normalized spacial score (nSPS) is 2.00. The molecule has 0 N–H and O–H groups in total. The van der Waals surface area contributed by atoms with Crippen molar-refractivity contribution in [2.24, 2.45) is 0 Å². The first-order chi connectivity index (χ1) is 1.41. The summed E-state index contributed by atoms with van der Waals surface area (Å²) in [6.45, 7) is 0. The average molecular weight is 123 g/mol. The second-order valence-electron chi connectivity index (χ2n) is 0.0833. The Morgan fingerprint density at radius 1 is 1.25 bits per heavy atom. The Kier molecular flexibility index (Phi) is 29.4. The third-order valence-electron chi connectivity index (χ3n) is 0. The molecule has 0 bridgehead atoms. The number of hydrogen-bond acceptors (Lipinski definition) is 2. The van der Waals surface area contributed by atoms with E-state index in [1.165, 1.54) is 0 Å². The van der Waals surface area contributed by atoms with Crippen LogP contribution in [0.4, 0.5) is 0 Å². The van der Waals surface area contributed by atoms with Crippen LogP contribution in [0.5, 0.6) is 0 Å². The van der Waals surface area contributed by atoms with Crippen molar-refractivity contribution in [3.8, 4) is 0 Å². The van der Waals surface area contributed by atoms with Crippen molar-refractivity contribution in [2.45, 2.75) is 0 Å². The molecule has 0 saturated carbocycles. The molecule has 0 aliphatic heterocycles. The molecule has 0 aliphatic carbocycles. The van der Waals surface area contributed by atoms with E-state index in [0.717, 1.165) is 0 Å². The summed E-state index contributed by atoms with van der Waals surface area (Å²) < 4.78 is 0. The van der Waals surface area contributed by atoms with Crippen LogP contribution in [-0.4, -0.2) is 23.2 Å². The van der Waals surface area contributed by atoms with Crippen molar-refractivity contribution in [1.82, 2.24) is 0 Å². The maximum Gasteiger partial charge on any atom is 0.373 e. The predicted molar refractivity (Wildman–Crippen MR) is 10.8 cm³/mol. The Morgan fingerprint density at radius 3 is 1.25 bits per heavy atom. The van der Waals surface area contributed by atoms with Crippen molar-refractivity contribution in [3.05, 3.63) is 0 Å². The number of rotatable bonds is 0. The van der Waals surface area contributed by atoms with Crippen LogP contribution in [-0.2, 0) is 9.59 Å². The van der Waals surface area contributed by atoms with Gasteiger partial charge in [-0.2, -0.15) is 9.59 Å². The zero-order valence-corrected chi connectivity index (χ0v) is 3.44. The minimum atomic E-state index is 0. The fourth-order valence-corrected chi connectivity index (χ4v) is 0. The molecule has 0 heterocycles. The molecule has 0 saturated heterocycles. The quantitative estimate of drug-likeness (QED) is 0.388. The zero-order valence-electron chi connectivity index (χ0n) is 1.72. The zero-order chi connectivity index (χ0) is 2.71. The molecule has 0 unspecified atom stereocenters. The van der Waals surface area contributed by atoms with Gasteiger partial charge in [-0.05, 0) is 0 Å². The summed E-state index contributed by atoms with van der Waals surface area (Å²) in [7, 11) is 0. The third kappa shape index (κ3) is 152. The first kappa shape index (κ1) is 9.09. The molecule has 2 radical (unpaired) electrons.